The van der Waals surface area contributed by atoms with E-state index in [1.807, 2.05) is 0 Å². The molecule has 1 saturated carbocycles. The van der Waals surface area contributed by atoms with Crippen molar-refractivity contribution >= 4 is 22.6 Å². The Morgan fingerprint density at radius 1 is 1.10 bits per heavy atom. The lowest BCUT2D eigenvalue weighted by Gasteiger charge is -2.14. The van der Waals surface area contributed by atoms with Crippen LogP contribution in [0.2, 0.25) is 0 Å². The van der Waals surface area contributed by atoms with Crippen molar-refractivity contribution < 1.29 is 0 Å². The van der Waals surface area contributed by atoms with Crippen molar-refractivity contribution in [3.63, 3.8) is 0 Å². The Morgan fingerprint density at radius 2 is 1.50 bits per heavy atom. The van der Waals surface area contributed by atoms with Crippen LogP contribution in [-0.4, -0.2) is 3.92 Å². The average Bonchev–Trinajstić information content (AvgIpc) is 2.30. The average molecular weight is 252 g/mol. The molecule has 1 heteroatoms. The number of halogens is 1. The first kappa shape index (κ1) is 8.82. The third kappa shape index (κ3) is 1.86. The molecule has 0 aromatic rings. The second-order valence-corrected chi connectivity index (χ2v) is 5.17. The molecular weight excluding hydrogens is 235 g/mol. The molecule has 3 atom stereocenters. The van der Waals surface area contributed by atoms with Crippen molar-refractivity contribution in [2.45, 2.75) is 43.5 Å². The van der Waals surface area contributed by atoms with Gasteiger partial charge in [0.05, 0.1) is 0 Å². The summed E-state index contributed by atoms with van der Waals surface area (Å²) in [4.78, 5) is 0. The van der Waals surface area contributed by atoms with E-state index in [1.54, 1.807) is 0 Å². The fourth-order valence-corrected chi connectivity index (χ4v) is 3.44. The van der Waals surface area contributed by atoms with Gasteiger partial charge in [-0.25, -0.2) is 0 Å². The van der Waals surface area contributed by atoms with Crippen LogP contribution in [0, 0.1) is 11.8 Å². The van der Waals surface area contributed by atoms with Crippen molar-refractivity contribution in [2.75, 3.05) is 0 Å². The van der Waals surface area contributed by atoms with E-state index in [0.717, 1.165) is 15.8 Å². The van der Waals surface area contributed by atoms with E-state index in [4.69, 9.17) is 0 Å². The van der Waals surface area contributed by atoms with E-state index in [2.05, 4.69) is 36.4 Å². The first-order valence-electron chi connectivity index (χ1n) is 4.42. The predicted molar refractivity (Wildman–Crippen MR) is 54.6 cm³/mol. The maximum absolute atomic E-state index is 2.61. The van der Waals surface area contributed by atoms with E-state index in [1.165, 1.54) is 25.7 Å². The first-order chi connectivity index (χ1) is 4.77. The highest BCUT2D eigenvalue weighted by Gasteiger charge is 2.29. The zero-order valence-corrected chi connectivity index (χ0v) is 9.10. The minimum Gasteiger partial charge on any atom is -0.0826 e. The molecule has 0 heterocycles. The van der Waals surface area contributed by atoms with Gasteiger partial charge in [0, 0.05) is 3.92 Å². The van der Waals surface area contributed by atoms with Crippen LogP contribution < -0.4 is 0 Å². The Balaban J connectivity index is 2.41. The van der Waals surface area contributed by atoms with Crippen LogP contribution in [-0.2, 0) is 0 Å². The van der Waals surface area contributed by atoms with Crippen LogP contribution in [0.4, 0.5) is 0 Å². The summed E-state index contributed by atoms with van der Waals surface area (Å²) in [6.07, 6.45) is 5.77. The monoisotopic (exact) mass is 252 g/mol. The molecule has 0 spiro atoms. The normalized spacial score (nSPS) is 40.5. The molecule has 0 saturated heterocycles. The van der Waals surface area contributed by atoms with E-state index in [9.17, 15) is 0 Å². The van der Waals surface area contributed by atoms with Gasteiger partial charge in [0.15, 0.2) is 0 Å². The van der Waals surface area contributed by atoms with Crippen LogP contribution >= 0.6 is 22.6 Å². The van der Waals surface area contributed by atoms with Gasteiger partial charge in [0.1, 0.15) is 0 Å². The summed E-state index contributed by atoms with van der Waals surface area (Å²) >= 11 is 2.61. The summed E-state index contributed by atoms with van der Waals surface area (Å²) in [6, 6.07) is 0. The summed E-state index contributed by atoms with van der Waals surface area (Å²) < 4.78 is 0.979. The Labute approximate surface area is 77.9 Å². The molecule has 1 rings (SSSR count). The SMILES string of the molecule is CC[C@@H]1CC(I)C[C@@H]1CC. The largest absolute Gasteiger partial charge is 0.0826 e. The maximum atomic E-state index is 2.61. The van der Waals surface area contributed by atoms with Crippen LogP contribution in [0.1, 0.15) is 39.5 Å². The first-order valence-corrected chi connectivity index (χ1v) is 5.66. The predicted octanol–water partition coefficient (Wildman–Crippen LogP) is 3.64. The van der Waals surface area contributed by atoms with Gasteiger partial charge in [-0.3, -0.25) is 0 Å². The maximum Gasteiger partial charge on any atom is 0.0115 e. The Kier molecular flexibility index (Phi) is 3.47. The lowest BCUT2D eigenvalue weighted by atomic mass is 9.92. The summed E-state index contributed by atoms with van der Waals surface area (Å²) in [5.41, 5.74) is 0. The van der Waals surface area contributed by atoms with Crippen LogP contribution in [0.3, 0.4) is 0 Å². The van der Waals surface area contributed by atoms with Gasteiger partial charge in [-0.05, 0) is 24.7 Å². The van der Waals surface area contributed by atoms with E-state index in [0.29, 0.717) is 0 Å². The van der Waals surface area contributed by atoms with Crippen LogP contribution in [0.25, 0.3) is 0 Å². The van der Waals surface area contributed by atoms with Gasteiger partial charge in [0.2, 0.25) is 0 Å². The van der Waals surface area contributed by atoms with Gasteiger partial charge in [-0.15, -0.1) is 0 Å². The molecule has 0 aromatic heterocycles. The third-order valence-electron chi connectivity index (χ3n) is 2.83. The minimum atomic E-state index is 0.979. The zero-order chi connectivity index (χ0) is 7.56. The molecule has 10 heavy (non-hydrogen) atoms. The smallest absolute Gasteiger partial charge is 0.0115 e. The molecule has 0 radical (unpaired) electrons. The molecule has 1 aliphatic carbocycles. The summed E-state index contributed by atoms with van der Waals surface area (Å²) in [7, 11) is 0. The summed E-state index contributed by atoms with van der Waals surface area (Å²) in [6.45, 7) is 4.67. The van der Waals surface area contributed by atoms with Crippen molar-refractivity contribution in [1.82, 2.24) is 0 Å². The Bertz CT molecular complexity index is 88.9. The van der Waals surface area contributed by atoms with Gasteiger partial charge in [-0.2, -0.15) is 0 Å². The van der Waals surface area contributed by atoms with Gasteiger partial charge >= 0.3 is 0 Å². The van der Waals surface area contributed by atoms with Crippen molar-refractivity contribution in [3.8, 4) is 0 Å². The Morgan fingerprint density at radius 3 is 1.80 bits per heavy atom. The second kappa shape index (κ2) is 3.93. The zero-order valence-electron chi connectivity index (χ0n) is 6.94. The summed E-state index contributed by atoms with van der Waals surface area (Å²) in [5, 5.41) is 0. The fourth-order valence-electron chi connectivity index (χ4n) is 2.14. The van der Waals surface area contributed by atoms with Crippen molar-refractivity contribution in [2.24, 2.45) is 11.8 Å². The number of alkyl halides is 1. The lowest BCUT2D eigenvalue weighted by molar-refractivity contribution is 0.367. The standard InChI is InChI=1S/C9H17I/c1-3-7-5-9(10)6-8(7)4-2/h7-9H,3-6H2,1-2H3/t7-,8+,9?. The molecule has 0 N–H and O–H groups in total. The highest BCUT2D eigenvalue weighted by Crippen LogP contribution is 2.39. The molecule has 1 aliphatic rings. The second-order valence-electron chi connectivity index (χ2n) is 3.41. The van der Waals surface area contributed by atoms with E-state index in [-0.39, 0.29) is 0 Å². The molecule has 1 fully saturated rings. The minimum absolute atomic E-state index is 0.979. The molecule has 1 unspecified atom stereocenters. The number of hydrogen-bond acceptors (Lipinski definition) is 0. The Hall–Kier alpha value is 0.730. The topological polar surface area (TPSA) is 0 Å². The van der Waals surface area contributed by atoms with Gasteiger partial charge < -0.3 is 0 Å². The van der Waals surface area contributed by atoms with Gasteiger partial charge in [0.25, 0.3) is 0 Å². The molecular formula is C9H17I. The third-order valence-corrected chi connectivity index (χ3v) is 3.85. The summed E-state index contributed by atoms with van der Waals surface area (Å²) in [5.74, 6) is 2.10. The van der Waals surface area contributed by atoms with Crippen molar-refractivity contribution in [1.29, 1.82) is 0 Å². The number of rotatable bonds is 2. The number of hydrogen-bond donors (Lipinski definition) is 0. The molecule has 0 aliphatic heterocycles. The van der Waals surface area contributed by atoms with Gasteiger partial charge in [-0.1, -0.05) is 49.3 Å². The fraction of sp³-hybridized carbons (Fsp3) is 1.00. The molecule has 0 nitrogen and oxygen atoms in total. The van der Waals surface area contributed by atoms with Crippen LogP contribution in [0.5, 0.6) is 0 Å². The molecule has 0 amide bonds. The quantitative estimate of drug-likeness (QED) is 0.520. The molecule has 0 bridgehead atoms. The van der Waals surface area contributed by atoms with E-state index >= 15 is 0 Å². The van der Waals surface area contributed by atoms with Crippen LogP contribution in [0.15, 0.2) is 0 Å². The molecule has 0 aromatic carbocycles. The highest BCUT2D eigenvalue weighted by molar-refractivity contribution is 14.1. The molecule has 60 valence electrons. The lowest BCUT2D eigenvalue weighted by Crippen LogP contribution is -2.04. The van der Waals surface area contributed by atoms with E-state index < -0.39 is 0 Å². The van der Waals surface area contributed by atoms with Crippen molar-refractivity contribution in [3.05, 3.63) is 0 Å². The highest BCUT2D eigenvalue weighted by atomic mass is 127.